The molecule has 2 aliphatic rings. The van der Waals surface area contributed by atoms with Gasteiger partial charge in [-0.2, -0.15) is 0 Å². The molecule has 3 rings (SSSR count). The van der Waals surface area contributed by atoms with Crippen molar-refractivity contribution in [2.75, 3.05) is 11.5 Å². The van der Waals surface area contributed by atoms with Gasteiger partial charge in [0, 0.05) is 18.3 Å². The average molecular weight is 284 g/mol. The lowest BCUT2D eigenvalue weighted by Gasteiger charge is -2.26. The number of fused-ring (bicyclic) bond motifs is 1. The first-order valence-corrected chi connectivity index (χ1v) is 8.81. The Morgan fingerprint density at radius 1 is 1.37 bits per heavy atom. The third-order valence-corrected chi connectivity index (χ3v) is 6.06. The van der Waals surface area contributed by atoms with E-state index in [1.54, 1.807) is 0 Å². The lowest BCUT2D eigenvalue weighted by atomic mass is 10.0. The zero-order chi connectivity index (χ0) is 13.5. The molecular formula is C13H20N2O3S. The Morgan fingerprint density at radius 2 is 2.21 bits per heavy atom. The predicted octanol–water partition coefficient (Wildman–Crippen LogP) is 1.08. The van der Waals surface area contributed by atoms with E-state index < -0.39 is 16.1 Å². The highest BCUT2D eigenvalue weighted by Gasteiger charge is 2.28. The van der Waals surface area contributed by atoms with Crippen LogP contribution < -0.4 is 0 Å². The van der Waals surface area contributed by atoms with Crippen LogP contribution >= 0.6 is 0 Å². The minimum atomic E-state index is -2.87. The standard InChI is InChI=1S/C13H20N2O3S/c16-13-5-1-4-11-8-14-12(15(11)13)7-10-3-2-6-19(17,18)9-10/h8,10,13,16H,1-7,9H2. The normalized spacial score (nSPS) is 29.9. The average Bonchev–Trinajstić information content (AvgIpc) is 2.72. The van der Waals surface area contributed by atoms with E-state index in [2.05, 4.69) is 4.98 Å². The monoisotopic (exact) mass is 284 g/mol. The van der Waals surface area contributed by atoms with Crippen LogP contribution in [-0.4, -0.2) is 34.6 Å². The molecule has 0 aromatic carbocycles. The summed E-state index contributed by atoms with van der Waals surface area (Å²) in [5.41, 5.74) is 1.08. The van der Waals surface area contributed by atoms with Crippen LogP contribution in [-0.2, 0) is 22.7 Å². The van der Waals surface area contributed by atoms with Crippen LogP contribution in [0.4, 0.5) is 0 Å². The Balaban J connectivity index is 1.79. The van der Waals surface area contributed by atoms with Crippen LogP contribution in [0, 0.1) is 5.92 Å². The van der Waals surface area contributed by atoms with Crippen molar-refractivity contribution in [3.63, 3.8) is 0 Å². The quantitative estimate of drug-likeness (QED) is 0.882. The smallest absolute Gasteiger partial charge is 0.150 e. The number of aliphatic hydroxyl groups is 1. The van der Waals surface area contributed by atoms with E-state index in [1.165, 1.54) is 0 Å². The van der Waals surface area contributed by atoms with E-state index in [1.807, 2.05) is 10.8 Å². The number of hydrogen-bond acceptors (Lipinski definition) is 4. The van der Waals surface area contributed by atoms with E-state index in [0.717, 1.165) is 43.6 Å². The van der Waals surface area contributed by atoms with Crippen LogP contribution in [0.2, 0.25) is 0 Å². The van der Waals surface area contributed by atoms with Gasteiger partial charge >= 0.3 is 0 Å². The lowest BCUT2D eigenvalue weighted by molar-refractivity contribution is 0.0752. The van der Waals surface area contributed by atoms with E-state index in [9.17, 15) is 13.5 Å². The molecule has 3 heterocycles. The van der Waals surface area contributed by atoms with E-state index in [4.69, 9.17) is 0 Å². The molecule has 1 aromatic rings. The second-order valence-corrected chi connectivity index (χ2v) is 7.96. The van der Waals surface area contributed by atoms with Crippen molar-refractivity contribution in [3.8, 4) is 0 Å². The van der Waals surface area contributed by atoms with Gasteiger partial charge in [-0.1, -0.05) is 0 Å². The topological polar surface area (TPSA) is 72.2 Å². The first kappa shape index (κ1) is 13.1. The highest BCUT2D eigenvalue weighted by Crippen LogP contribution is 2.28. The summed E-state index contributed by atoms with van der Waals surface area (Å²) in [6.45, 7) is 0. The Labute approximate surface area is 113 Å². The first-order chi connectivity index (χ1) is 9.05. The molecule has 19 heavy (non-hydrogen) atoms. The maximum atomic E-state index is 11.7. The van der Waals surface area contributed by atoms with Gasteiger partial charge in [-0.05, 0) is 38.0 Å². The Kier molecular flexibility index (Phi) is 3.39. The molecule has 2 aliphatic heterocycles. The number of imidazole rings is 1. The van der Waals surface area contributed by atoms with Crippen molar-refractivity contribution in [3.05, 3.63) is 17.7 Å². The minimum Gasteiger partial charge on any atom is -0.373 e. The molecule has 1 saturated heterocycles. The minimum absolute atomic E-state index is 0.152. The molecule has 0 aliphatic carbocycles. The van der Waals surface area contributed by atoms with Gasteiger partial charge in [-0.25, -0.2) is 13.4 Å². The molecule has 6 heteroatoms. The first-order valence-electron chi connectivity index (χ1n) is 6.98. The van der Waals surface area contributed by atoms with Crippen molar-refractivity contribution >= 4 is 9.84 Å². The molecule has 0 amide bonds. The fraction of sp³-hybridized carbons (Fsp3) is 0.769. The molecule has 106 valence electrons. The van der Waals surface area contributed by atoms with Crippen molar-refractivity contribution in [1.82, 2.24) is 9.55 Å². The second kappa shape index (κ2) is 4.90. The highest BCUT2D eigenvalue weighted by molar-refractivity contribution is 7.91. The molecular weight excluding hydrogens is 264 g/mol. The van der Waals surface area contributed by atoms with Crippen molar-refractivity contribution in [2.24, 2.45) is 5.92 Å². The summed E-state index contributed by atoms with van der Waals surface area (Å²) >= 11 is 0. The van der Waals surface area contributed by atoms with Crippen LogP contribution in [0.5, 0.6) is 0 Å². The maximum Gasteiger partial charge on any atom is 0.150 e. The summed E-state index contributed by atoms with van der Waals surface area (Å²) < 4.78 is 25.2. The number of aromatic nitrogens is 2. The van der Waals surface area contributed by atoms with E-state index in [-0.39, 0.29) is 11.7 Å². The van der Waals surface area contributed by atoms with E-state index >= 15 is 0 Å². The second-order valence-electron chi connectivity index (χ2n) is 5.74. The summed E-state index contributed by atoms with van der Waals surface area (Å²) in [5, 5.41) is 10.1. The Bertz CT molecular complexity index is 564. The van der Waals surface area contributed by atoms with Crippen LogP contribution in [0.15, 0.2) is 6.20 Å². The van der Waals surface area contributed by atoms with Crippen molar-refractivity contribution in [2.45, 2.75) is 44.8 Å². The number of sulfone groups is 1. The summed E-state index contributed by atoms with van der Waals surface area (Å²) in [7, 11) is -2.87. The third kappa shape index (κ3) is 2.69. The van der Waals surface area contributed by atoms with Gasteiger partial charge in [0.1, 0.15) is 12.1 Å². The van der Waals surface area contributed by atoms with Gasteiger partial charge in [0.25, 0.3) is 0 Å². The molecule has 2 unspecified atom stereocenters. The zero-order valence-electron chi connectivity index (χ0n) is 11.0. The van der Waals surface area contributed by atoms with E-state index in [0.29, 0.717) is 12.2 Å². The fourth-order valence-corrected chi connectivity index (χ4v) is 5.05. The van der Waals surface area contributed by atoms with Crippen LogP contribution in [0.25, 0.3) is 0 Å². The molecule has 5 nitrogen and oxygen atoms in total. The Hall–Kier alpha value is -0.880. The number of aryl methyl sites for hydroxylation is 1. The van der Waals surface area contributed by atoms with Crippen molar-refractivity contribution in [1.29, 1.82) is 0 Å². The molecule has 1 N–H and O–H groups in total. The van der Waals surface area contributed by atoms with Gasteiger partial charge in [0.15, 0.2) is 9.84 Å². The highest BCUT2D eigenvalue weighted by atomic mass is 32.2. The number of nitrogens with zero attached hydrogens (tertiary/aromatic N) is 2. The van der Waals surface area contributed by atoms with Crippen LogP contribution in [0.3, 0.4) is 0 Å². The molecule has 0 radical (unpaired) electrons. The summed E-state index contributed by atoms with van der Waals surface area (Å²) in [5.74, 6) is 1.60. The van der Waals surface area contributed by atoms with Gasteiger partial charge in [-0.15, -0.1) is 0 Å². The lowest BCUT2D eigenvalue weighted by Crippen LogP contribution is -2.28. The SMILES string of the molecule is O=S1(=O)CCCC(Cc2ncc3n2C(O)CCC3)C1. The number of hydrogen-bond donors (Lipinski definition) is 1. The predicted molar refractivity (Wildman–Crippen MR) is 71.5 cm³/mol. The molecule has 0 bridgehead atoms. The maximum absolute atomic E-state index is 11.7. The van der Waals surface area contributed by atoms with Crippen LogP contribution in [0.1, 0.15) is 43.4 Å². The molecule has 1 fully saturated rings. The molecule has 0 spiro atoms. The fourth-order valence-electron chi connectivity index (χ4n) is 3.27. The number of aliphatic hydroxyl groups excluding tert-OH is 1. The molecule has 2 atom stereocenters. The molecule has 1 aromatic heterocycles. The van der Waals surface area contributed by atoms with Gasteiger partial charge in [-0.3, -0.25) is 0 Å². The van der Waals surface area contributed by atoms with Gasteiger partial charge in [0.05, 0.1) is 11.5 Å². The summed E-state index contributed by atoms with van der Waals surface area (Å²) in [4.78, 5) is 4.40. The van der Waals surface area contributed by atoms with Gasteiger partial charge in [0.2, 0.25) is 0 Å². The third-order valence-electron chi connectivity index (χ3n) is 4.17. The van der Waals surface area contributed by atoms with Crippen molar-refractivity contribution < 1.29 is 13.5 Å². The van der Waals surface area contributed by atoms with Gasteiger partial charge < -0.3 is 9.67 Å². The Morgan fingerprint density at radius 3 is 3.00 bits per heavy atom. The largest absolute Gasteiger partial charge is 0.373 e. The zero-order valence-corrected chi connectivity index (χ0v) is 11.8. The number of rotatable bonds is 2. The molecule has 0 saturated carbocycles. The summed E-state index contributed by atoms with van der Waals surface area (Å²) in [6, 6.07) is 0. The summed E-state index contributed by atoms with van der Waals surface area (Å²) in [6.07, 6.45) is 6.41.